The Labute approximate surface area is 297 Å². The number of ether oxygens (including phenoxy) is 2. The molecule has 2 aromatic carbocycles. The topological polar surface area (TPSA) is 187 Å². The fourth-order valence-corrected chi connectivity index (χ4v) is 5.14. The molecule has 49 heavy (non-hydrogen) atoms. The highest BCUT2D eigenvalue weighted by Crippen LogP contribution is 2.24. The monoisotopic (exact) mass is 783 g/mol. The molecule has 4 rings (SSSR count). The maximum atomic E-state index is 12.8. The molecule has 0 spiro atoms. The van der Waals surface area contributed by atoms with Gasteiger partial charge in [0.2, 0.25) is 11.8 Å². The number of aliphatic imine (C=N–C) groups is 1. The third-order valence-corrected chi connectivity index (χ3v) is 8.06. The molecule has 2 aromatic heterocycles. The lowest BCUT2D eigenvalue weighted by Crippen LogP contribution is -2.27. The molecular weight excluding hydrogens is 745 g/mol. The number of alkyl halides is 1. The molecule has 2 N–H and O–H groups in total. The maximum absolute atomic E-state index is 12.8. The molecule has 258 valence electrons. The van der Waals surface area contributed by atoms with Gasteiger partial charge in [-0.1, -0.05) is 34.7 Å². The molecule has 0 radical (unpaired) electrons. The molecule has 16 heteroatoms. The fourth-order valence-electron chi connectivity index (χ4n) is 4.42. The number of nitrogens with one attached hydrogen (secondary N) is 2. The number of carbonyl (C=O) groups is 2. The summed E-state index contributed by atoms with van der Waals surface area (Å²) in [6.07, 6.45) is 4.97. The number of fused-ring (bicyclic) bond motifs is 1. The van der Waals surface area contributed by atoms with Gasteiger partial charge in [0.05, 0.1) is 42.9 Å². The van der Waals surface area contributed by atoms with Crippen LogP contribution in [0.25, 0.3) is 11.2 Å². The number of rotatable bonds is 19. The van der Waals surface area contributed by atoms with Gasteiger partial charge < -0.3 is 25.0 Å². The number of anilines is 1. The van der Waals surface area contributed by atoms with Crippen LogP contribution in [0.1, 0.15) is 40.9 Å². The predicted octanol–water partition coefficient (Wildman–Crippen LogP) is 4.70. The first kappa shape index (κ1) is 37.0. The van der Waals surface area contributed by atoms with E-state index in [1.807, 2.05) is 26.2 Å². The molecule has 0 saturated heterocycles. The van der Waals surface area contributed by atoms with E-state index in [4.69, 9.17) is 14.5 Å². The van der Waals surface area contributed by atoms with E-state index in [1.165, 1.54) is 12.1 Å². The molecule has 0 aliphatic rings. The van der Waals surface area contributed by atoms with Gasteiger partial charge in [-0.2, -0.15) is 9.97 Å². The van der Waals surface area contributed by atoms with Gasteiger partial charge in [-0.15, -0.1) is 0 Å². The number of nitro groups is 1. The minimum atomic E-state index is -0.439. The Balaban J connectivity index is 1.37. The van der Waals surface area contributed by atoms with Crippen molar-refractivity contribution in [3.63, 3.8) is 0 Å². The Morgan fingerprint density at radius 1 is 1.08 bits per heavy atom. The van der Waals surface area contributed by atoms with Crippen molar-refractivity contribution < 1.29 is 24.0 Å². The van der Waals surface area contributed by atoms with Crippen molar-refractivity contribution in [3.8, 4) is 5.88 Å². The van der Waals surface area contributed by atoms with Crippen molar-refractivity contribution in [1.29, 1.82) is 0 Å². The SMILES string of the molecule is COCCNC(=O)CCC(I)CC(=O)c1ccc(NCc2cnc3nc(/N=C/N(C)C)nc(OCCc4ccc([N+](=O)[O-])cc4)c3n2)cc1. The summed E-state index contributed by atoms with van der Waals surface area (Å²) in [5.41, 5.74) is 3.58. The summed E-state index contributed by atoms with van der Waals surface area (Å²) in [4.78, 5) is 59.4. The Kier molecular flexibility index (Phi) is 14.1. The standard InChI is InChI=1S/C33H38IN9O6/c1-42(2)21-38-33-40-31-30(32(41-33)49-16-14-22-4-11-27(12-5-22)43(46)47)39-26(20-37-31)19-36-25-9-6-23(7-10-25)28(44)18-24(34)8-13-29(45)35-15-17-48-3/h4-7,9-12,20-21,24,36H,8,13-19H2,1-3H3,(H,35,45)/b38-21+. The third-order valence-electron chi connectivity index (χ3n) is 6.99. The largest absolute Gasteiger partial charge is 0.476 e. The summed E-state index contributed by atoms with van der Waals surface area (Å²) in [6, 6.07) is 13.5. The number of ketones is 1. The third kappa shape index (κ3) is 12.0. The molecule has 0 bridgehead atoms. The van der Waals surface area contributed by atoms with E-state index in [0.717, 1.165) is 11.3 Å². The first-order valence-corrected chi connectivity index (χ1v) is 16.7. The number of nitrogens with zero attached hydrogens (tertiary/aromatic N) is 7. The molecule has 2 heterocycles. The lowest BCUT2D eigenvalue weighted by molar-refractivity contribution is -0.384. The quantitative estimate of drug-likeness (QED) is 0.0195. The first-order valence-electron chi connectivity index (χ1n) is 15.5. The molecule has 1 unspecified atom stereocenters. The maximum Gasteiger partial charge on any atom is 0.269 e. The van der Waals surface area contributed by atoms with Crippen LogP contribution in [0.3, 0.4) is 0 Å². The molecule has 0 aliphatic carbocycles. The highest BCUT2D eigenvalue weighted by molar-refractivity contribution is 14.1. The van der Waals surface area contributed by atoms with E-state index in [9.17, 15) is 19.7 Å². The highest BCUT2D eigenvalue weighted by atomic mass is 127. The molecular formula is C33H38IN9O6. The van der Waals surface area contributed by atoms with E-state index in [1.54, 1.807) is 48.8 Å². The number of hydrogen-bond acceptors (Lipinski definition) is 12. The zero-order chi connectivity index (χ0) is 35.2. The Morgan fingerprint density at radius 3 is 2.53 bits per heavy atom. The van der Waals surface area contributed by atoms with Crippen LogP contribution in [0.4, 0.5) is 17.3 Å². The van der Waals surface area contributed by atoms with Gasteiger partial charge in [0.15, 0.2) is 16.9 Å². The number of halogens is 1. The van der Waals surface area contributed by atoms with E-state index in [0.29, 0.717) is 67.8 Å². The average Bonchev–Trinajstić information content (AvgIpc) is 3.09. The fraction of sp³-hybridized carbons (Fsp3) is 0.364. The second-order valence-corrected chi connectivity index (χ2v) is 12.9. The lowest BCUT2D eigenvalue weighted by Gasteiger charge is -2.11. The number of amides is 1. The number of benzene rings is 2. The van der Waals surface area contributed by atoms with Gasteiger partial charge in [-0.25, -0.2) is 15.0 Å². The minimum absolute atomic E-state index is 0.0153. The van der Waals surface area contributed by atoms with Crippen molar-refractivity contribution in [2.45, 2.75) is 36.2 Å². The second kappa shape index (κ2) is 18.6. The number of methoxy groups -OCH3 is 1. The van der Waals surface area contributed by atoms with Gasteiger partial charge in [0.1, 0.15) is 0 Å². The zero-order valence-electron chi connectivity index (χ0n) is 27.5. The lowest BCUT2D eigenvalue weighted by atomic mass is 10.0. The van der Waals surface area contributed by atoms with Crippen LogP contribution in [0.15, 0.2) is 59.7 Å². The van der Waals surface area contributed by atoms with Crippen LogP contribution >= 0.6 is 22.6 Å². The van der Waals surface area contributed by atoms with Gasteiger partial charge >= 0.3 is 0 Å². The summed E-state index contributed by atoms with van der Waals surface area (Å²) in [5.74, 6) is 0.350. The molecule has 1 atom stereocenters. The van der Waals surface area contributed by atoms with Crippen LogP contribution in [0.2, 0.25) is 0 Å². The van der Waals surface area contributed by atoms with Crippen molar-refractivity contribution in [3.05, 3.63) is 81.7 Å². The number of non-ortho nitro benzene ring substituents is 1. The number of aromatic nitrogens is 4. The smallest absolute Gasteiger partial charge is 0.269 e. The predicted molar refractivity (Wildman–Crippen MR) is 194 cm³/mol. The number of hydrogen-bond donors (Lipinski definition) is 2. The molecule has 15 nitrogen and oxygen atoms in total. The average molecular weight is 784 g/mol. The summed E-state index contributed by atoms with van der Waals surface area (Å²) in [6.45, 7) is 1.51. The van der Waals surface area contributed by atoms with Crippen molar-refractivity contribution in [2.75, 3.05) is 46.3 Å². The second-order valence-electron chi connectivity index (χ2n) is 11.1. The number of nitro benzene ring substituents is 1. The van der Waals surface area contributed by atoms with Crippen LogP contribution < -0.4 is 15.4 Å². The van der Waals surface area contributed by atoms with Gasteiger partial charge in [-0.05, 0) is 36.2 Å². The van der Waals surface area contributed by atoms with Gasteiger partial charge in [0.25, 0.3) is 11.6 Å². The number of carbonyl (C=O) groups excluding carboxylic acids is 2. The van der Waals surface area contributed by atoms with Crippen molar-refractivity contribution >= 4 is 69.1 Å². The van der Waals surface area contributed by atoms with Gasteiger partial charge in [0, 0.05) is 74.3 Å². The summed E-state index contributed by atoms with van der Waals surface area (Å²) in [7, 11) is 5.24. The van der Waals surface area contributed by atoms with Crippen LogP contribution in [0.5, 0.6) is 5.88 Å². The van der Waals surface area contributed by atoms with E-state index in [2.05, 4.69) is 53.2 Å². The van der Waals surface area contributed by atoms with Crippen LogP contribution in [0, 0.1) is 10.1 Å². The normalized spacial score (nSPS) is 11.8. The highest BCUT2D eigenvalue weighted by Gasteiger charge is 2.16. The summed E-state index contributed by atoms with van der Waals surface area (Å²) < 4.78 is 11.0. The summed E-state index contributed by atoms with van der Waals surface area (Å²) >= 11 is 2.22. The Bertz CT molecular complexity index is 1750. The van der Waals surface area contributed by atoms with Crippen LogP contribution in [-0.2, 0) is 22.5 Å². The minimum Gasteiger partial charge on any atom is -0.476 e. The van der Waals surface area contributed by atoms with E-state index >= 15 is 0 Å². The van der Waals surface area contributed by atoms with E-state index in [-0.39, 0.29) is 39.7 Å². The molecule has 0 aliphatic heterocycles. The van der Waals surface area contributed by atoms with E-state index < -0.39 is 4.92 Å². The molecule has 0 saturated carbocycles. The van der Waals surface area contributed by atoms with Crippen molar-refractivity contribution in [2.24, 2.45) is 4.99 Å². The first-order chi connectivity index (χ1) is 23.6. The zero-order valence-corrected chi connectivity index (χ0v) is 29.6. The van der Waals surface area contributed by atoms with Crippen LogP contribution in [-0.4, -0.2) is 92.7 Å². The number of Topliss-reactive ketones (excluding diaryl/α,β-unsaturated/α-hetero) is 1. The molecule has 1 amide bonds. The molecule has 0 fully saturated rings. The summed E-state index contributed by atoms with van der Waals surface area (Å²) in [5, 5.41) is 17.1. The molecule has 4 aromatic rings. The van der Waals surface area contributed by atoms with Gasteiger partial charge in [-0.3, -0.25) is 19.7 Å². The van der Waals surface area contributed by atoms with Crippen molar-refractivity contribution in [1.82, 2.24) is 30.2 Å². The Morgan fingerprint density at radius 2 is 1.84 bits per heavy atom. The Hall–Kier alpha value is -4.84.